The van der Waals surface area contributed by atoms with Gasteiger partial charge in [0.25, 0.3) is 5.91 Å². The van der Waals surface area contributed by atoms with Gasteiger partial charge in [-0.3, -0.25) is 9.59 Å². The van der Waals surface area contributed by atoms with Crippen LogP contribution in [-0.4, -0.2) is 25.4 Å². The van der Waals surface area contributed by atoms with E-state index < -0.39 is 27.0 Å². The van der Waals surface area contributed by atoms with Crippen molar-refractivity contribution in [3.63, 3.8) is 0 Å². The van der Waals surface area contributed by atoms with Crippen LogP contribution in [0.2, 0.25) is 15.1 Å². The lowest BCUT2D eigenvalue weighted by atomic mass is 9.81. The van der Waals surface area contributed by atoms with Crippen LogP contribution in [-0.2, 0) is 21.1 Å². The number of carbonyl (C=O) groups is 2. The quantitative estimate of drug-likeness (QED) is 0.366. The van der Waals surface area contributed by atoms with Crippen molar-refractivity contribution in [2.24, 2.45) is 5.92 Å². The summed E-state index contributed by atoms with van der Waals surface area (Å²) in [6, 6.07) is 15.7. The van der Waals surface area contributed by atoms with Crippen molar-refractivity contribution in [3.05, 3.63) is 92.4 Å². The van der Waals surface area contributed by atoms with Crippen LogP contribution in [0, 0.1) is 5.92 Å². The van der Waals surface area contributed by atoms with E-state index in [1.54, 1.807) is 48.5 Å². The molecule has 1 aliphatic carbocycles. The minimum Gasteiger partial charge on any atom is -0.481 e. The molecule has 3 aromatic carbocycles. The average molecular weight is 553 g/mol. The molecule has 0 aromatic heterocycles. The summed E-state index contributed by atoms with van der Waals surface area (Å²) < 4.78 is 27.3. The number of carboxylic acid groups (broad SMARTS) is 1. The smallest absolute Gasteiger partial charge is 0.303 e. The van der Waals surface area contributed by atoms with Gasteiger partial charge in [0.15, 0.2) is 9.84 Å². The number of aliphatic carboxylic acids is 1. The maximum absolute atomic E-state index is 13.6. The standard InChI is InChI=1S/C25H20Cl3NO5S/c26-16-3-1-4-18(12-16)35(33,34)22-10-14(11-23(30)31)9-15-7-8-17(13-19(15)22)29-25(32)24-20(27)5-2-6-21(24)28/h1-8,12-14,22H,9-11H2,(H,29,32)(H,30,31). The maximum atomic E-state index is 13.6. The SMILES string of the molecule is O=C(O)CC1Cc2ccc(NC(=O)c3c(Cl)cccc3Cl)cc2C(S(=O)(=O)c2cccc(Cl)c2)C1. The number of halogens is 3. The molecule has 2 unspecified atom stereocenters. The molecular weight excluding hydrogens is 533 g/mol. The van der Waals surface area contributed by atoms with E-state index in [0.717, 1.165) is 0 Å². The van der Waals surface area contributed by atoms with Gasteiger partial charge >= 0.3 is 5.97 Å². The summed E-state index contributed by atoms with van der Waals surface area (Å²) in [4.78, 5) is 24.3. The molecule has 35 heavy (non-hydrogen) atoms. The van der Waals surface area contributed by atoms with Crippen molar-refractivity contribution in [1.82, 2.24) is 0 Å². The number of amides is 1. The fraction of sp³-hybridized carbons (Fsp3) is 0.200. The number of carboxylic acids is 1. The van der Waals surface area contributed by atoms with Gasteiger partial charge in [-0.15, -0.1) is 0 Å². The Morgan fingerprint density at radius 2 is 1.66 bits per heavy atom. The molecule has 2 atom stereocenters. The first-order chi connectivity index (χ1) is 16.6. The first kappa shape index (κ1) is 25.5. The molecule has 10 heteroatoms. The molecule has 0 saturated heterocycles. The monoisotopic (exact) mass is 551 g/mol. The normalized spacial score (nSPS) is 17.5. The number of carbonyl (C=O) groups excluding carboxylic acids is 1. The van der Waals surface area contributed by atoms with Gasteiger partial charge in [0, 0.05) is 17.1 Å². The van der Waals surface area contributed by atoms with Crippen LogP contribution in [0.1, 0.15) is 39.6 Å². The zero-order valence-electron chi connectivity index (χ0n) is 18.2. The molecule has 3 aromatic rings. The highest BCUT2D eigenvalue weighted by Crippen LogP contribution is 2.43. The van der Waals surface area contributed by atoms with Crippen molar-refractivity contribution < 1.29 is 23.1 Å². The molecule has 0 saturated carbocycles. The van der Waals surface area contributed by atoms with Gasteiger partial charge in [-0.1, -0.05) is 53.0 Å². The summed E-state index contributed by atoms with van der Waals surface area (Å²) >= 11 is 18.3. The van der Waals surface area contributed by atoms with Gasteiger partial charge in [-0.25, -0.2) is 8.42 Å². The molecule has 0 radical (unpaired) electrons. The minimum atomic E-state index is -3.91. The number of nitrogens with one attached hydrogen (secondary N) is 1. The highest BCUT2D eigenvalue weighted by atomic mass is 35.5. The highest BCUT2D eigenvalue weighted by Gasteiger charge is 2.37. The van der Waals surface area contributed by atoms with E-state index in [1.165, 1.54) is 12.1 Å². The van der Waals surface area contributed by atoms with Gasteiger partial charge in [0.05, 0.1) is 25.8 Å². The lowest BCUT2D eigenvalue weighted by molar-refractivity contribution is -0.138. The summed E-state index contributed by atoms with van der Waals surface area (Å²) in [5.74, 6) is -1.88. The summed E-state index contributed by atoms with van der Waals surface area (Å²) in [6.45, 7) is 0. The lowest BCUT2D eigenvalue weighted by Crippen LogP contribution is -2.26. The molecule has 0 heterocycles. The molecule has 182 valence electrons. The average Bonchev–Trinajstić information content (AvgIpc) is 2.78. The number of hydrogen-bond acceptors (Lipinski definition) is 4. The van der Waals surface area contributed by atoms with E-state index in [2.05, 4.69) is 5.32 Å². The van der Waals surface area contributed by atoms with Crippen LogP contribution in [0.3, 0.4) is 0 Å². The van der Waals surface area contributed by atoms with Crippen LogP contribution < -0.4 is 5.32 Å². The third-order valence-corrected chi connectivity index (χ3v) is 8.93. The van der Waals surface area contributed by atoms with E-state index in [4.69, 9.17) is 34.8 Å². The van der Waals surface area contributed by atoms with Gasteiger partial charge in [0.1, 0.15) is 0 Å². The van der Waals surface area contributed by atoms with Crippen LogP contribution in [0.4, 0.5) is 5.69 Å². The molecule has 1 amide bonds. The molecule has 0 bridgehead atoms. The fourth-order valence-electron chi connectivity index (χ4n) is 4.40. The first-order valence-electron chi connectivity index (χ1n) is 10.7. The molecule has 1 aliphatic rings. The zero-order chi connectivity index (χ0) is 25.3. The Balaban J connectivity index is 1.74. The Morgan fingerprint density at radius 3 is 2.31 bits per heavy atom. The molecule has 0 spiro atoms. The number of benzene rings is 3. The summed E-state index contributed by atoms with van der Waals surface area (Å²) in [5, 5.41) is 11.7. The fourth-order valence-corrected chi connectivity index (χ4v) is 7.19. The summed E-state index contributed by atoms with van der Waals surface area (Å²) in [6.07, 6.45) is 0.389. The Hall–Kier alpha value is -2.58. The zero-order valence-corrected chi connectivity index (χ0v) is 21.3. The molecule has 2 N–H and O–H groups in total. The number of hydrogen-bond donors (Lipinski definition) is 2. The van der Waals surface area contributed by atoms with Gasteiger partial charge in [0.2, 0.25) is 0 Å². The van der Waals surface area contributed by atoms with E-state index in [-0.39, 0.29) is 44.3 Å². The lowest BCUT2D eigenvalue weighted by Gasteiger charge is -2.31. The second-order valence-electron chi connectivity index (χ2n) is 8.36. The first-order valence-corrected chi connectivity index (χ1v) is 13.3. The van der Waals surface area contributed by atoms with E-state index in [0.29, 0.717) is 23.2 Å². The van der Waals surface area contributed by atoms with Crippen LogP contribution >= 0.6 is 34.8 Å². The minimum absolute atomic E-state index is 0.0502. The molecule has 0 aliphatic heterocycles. The summed E-state index contributed by atoms with van der Waals surface area (Å²) in [7, 11) is -3.91. The van der Waals surface area contributed by atoms with Gasteiger partial charge in [-0.2, -0.15) is 0 Å². The van der Waals surface area contributed by atoms with E-state index >= 15 is 0 Å². The third kappa shape index (κ3) is 5.48. The Labute approximate surface area is 217 Å². The Kier molecular flexibility index (Phi) is 7.43. The van der Waals surface area contributed by atoms with Crippen molar-refractivity contribution in [2.75, 3.05) is 5.32 Å². The van der Waals surface area contributed by atoms with Crippen LogP contribution in [0.5, 0.6) is 0 Å². The van der Waals surface area contributed by atoms with E-state index in [9.17, 15) is 23.1 Å². The van der Waals surface area contributed by atoms with Crippen molar-refractivity contribution in [1.29, 1.82) is 0 Å². The number of sulfone groups is 1. The largest absolute Gasteiger partial charge is 0.481 e. The molecular formula is C25H20Cl3NO5S. The van der Waals surface area contributed by atoms with Gasteiger partial charge < -0.3 is 10.4 Å². The Morgan fingerprint density at radius 1 is 0.971 bits per heavy atom. The van der Waals surface area contributed by atoms with Crippen LogP contribution in [0.15, 0.2) is 65.6 Å². The van der Waals surface area contributed by atoms with E-state index in [1.807, 2.05) is 0 Å². The van der Waals surface area contributed by atoms with Crippen LogP contribution in [0.25, 0.3) is 0 Å². The molecule has 0 fully saturated rings. The second kappa shape index (κ2) is 10.2. The Bertz CT molecular complexity index is 1400. The third-order valence-electron chi connectivity index (χ3n) is 5.96. The van der Waals surface area contributed by atoms with Crippen molar-refractivity contribution >= 4 is 62.2 Å². The van der Waals surface area contributed by atoms with Crippen molar-refractivity contribution in [3.8, 4) is 0 Å². The highest BCUT2D eigenvalue weighted by molar-refractivity contribution is 7.91. The predicted octanol–water partition coefficient (Wildman–Crippen LogP) is 6.45. The second-order valence-corrected chi connectivity index (χ2v) is 11.7. The van der Waals surface area contributed by atoms with Gasteiger partial charge in [-0.05, 0) is 72.4 Å². The van der Waals surface area contributed by atoms with Crippen molar-refractivity contribution in [2.45, 2.75) is 29.4 Å². The number of anilines is 1. The number of fused-ring (bicyclic) bond motifs is 1. The maximum Gasteiger partial charge on any atom is 0.303 e. The predicted molar refractivity (Wildman–Crippen MR) is 136 cm³/mol. The summed E-state index contributed by atoms with van der Waals surface area (Å²) in [5.41, 5.74) is 1.70. The number of rotatable bonds is 6. The topological polar surface area (TPSA) is 101 Å². The molecule has 4 rings (SSSR count). The molecule has 6 nitrogen and oxygen atoms in total.